The molecular formula is C30H44N4O5. The lowest BCUT2D eigenvalue weighted by Crippen LogP contribution is -2.66. The molecule has 4 heterocycles. The molecule has 4 fully saturated rings. The van der Waals surface area contributed by atoms with Gasteiger partial charge in [-0.1, -0.05) is 0 Å². The zero-order valence-corrected chi connectivity index (χ0v) is 23.6. The molecule has 0 bridgehead atoms. The van der Waals surface area contributed by atoms with E-state index in [0.29, 0.717) is 62.6 Å². The average molecular weight is 541 g/mol. The van der Waals surface area contributed by atoms with Crippen LogP contribution in [0.3, 0.4) is 0 Å². The summed E-state index contributed by atoms with van der Waals surface area (Å²) in [5.74, 6) is 1.81. The van der Waals surface area contributed by atoms with E-state index in [9.17, 15) is 14.4 Å². The molecule has 0 saturated carbocycles. The number of ether oxygens (including phenoxy) is 2. The van der Waals surface area contributed by atoms with Gasteiger partial charge in [-0.05, 0) is 87.7 Å². The number of piperidine rings is 3. The Morgan fingerprint density at radius 3 is 2.33 bits per heavy atom. The van der Waals surface area contributed by atoms with Crippen LogP contribution in [-0.2, 0) is 14.3 Å². The highest BCUT2D eigenvalue weighted by Gasteiger charge is 2.49. The average Bonchev–Trinajstić information content (AvgIpc) is 2.98. The van der Waals surface area contributed by atoms with Gasteiger partial charge < -0.3 is 19.3 Å². The SMILES string of the molecule is COC(=O)CCCC1C2CCCN3CCCC(CN1C(=O)CN1CCN(C(=O)c4ccc(OC)cc4)CC1)C23. The number of benzene rings is 1. The summed E-state index contributed by atoms with van der Waals surface area (Å²) >= 11 is 0. The maximum absolute atomic E-state index is 13.8. The predicted octanol–water partition coefficient (Wildman–Crippen LogP) is 2.50. The lowest BCUT2D eigenvalue weighted by atomic mass is 9.69. The fourth-order valence-electron chi connectivity index (χ4n) is 7.52. The second-order valence-corrected chi connectivity index (χ2v) is 11.6. The predicted molar refractivity (Wildman–Crippen MR) is 148 cm³/mol. The highest BCUT2D eigenvalue weighted by molar-refractivity contribution is 5.94. The van der Waals surface area contributed by atoms with Gasteiger partial charge >= 0.3 is 5.97 Å². The van der Waals surface area contributed by atoms with Crippen molar-refractivity contribution in [1.82, 2.24) is 19.6 Å². The van der Waals surface area contributed by atoms with Crippen molar-refractivity contribution in [2.24, 2.45) is 11.8 Å². The van der Waals surface area contributed by atoms with Crippen LogP contribution >= 0.6 is 0 Å². The number of amides is 2. The van der Waals surface area contributed by atoms with E-state index in [2.05, 4.69) is 14.7 Å². The molecule has 9 nitrogen and oxygen atoms in total. The second-order valence-electron chi connectivity index (χ2n) is 11.6. The maximum Gasteiger partial charge on any atom is 0.305 e. The number of nitrogens with zero attached hydrogens (tertiary/aromatic N) is 4. The Labute approximate surface area is 232 Å². The third kappa shape index (κ3) is 6.24. The van der Waals surface area contributed by atoms with Crippen molar-refractivity contribution in [3.63, 3.8) is 0 Å². The molecule has 4 aliphatic heterocycles. The minimum Gasteiger partial charge on any atom is -0.497 e. The highest BCUT2D eigenvalue weighted by atomic mass is 16.5. The fourth-order valence-corrected chi connectivity index (χ4v) is 7.52. The number of carbonyl (C=O) groups excluding carboxylic acids is 3. The first-order chi connectivity index (χ1) is 19.0. The molecule has 0 N–H and O–H groups in total. The minimum atomic E-state index is -0.174. The summed E-state index contributed by atoms with van der Waals surface area (Å²) in [4.78, 5) is 47.6. The third-order valence-electron chi connectivity index (χ3n) is 9.46. The number of hydrogen-bond acceptors (Lipinski definition) is 7. The van der Waals surface area contributed by atoms with Gasteiger partial charge in [0.05, 0.1) is 20.8 Å². The summed E-state index contributed by atoms with van der Waals surface area (Å²) in [6, 6.07) is 7.99. The van der Waals surface area contributed by atoms with Crippen molar-refractivity contribution in [1.29, 1.82) is 0 Å². The number of hydrogen-bond donors (Lipinski definition) is 0. The largest absolute Gasteiger partial charge is 0.497 e. The number of esters is 1. The van der Waals surface area contributed by atoms with E-state index in [4.69, 9.17) is 9.47 Å². The summed E-state index contributed by atoms with van der Waals surface area (Å²) in [5.41, 5.74) is 0.659. The van der Waals surface area contributed by atoms with E-state index in [0.717, 1.165) is 31.6 Å². The Morgan fingerprint density at radius 1 is 0.923 bits per heavy atom. The summed E-state index contributed by atoms with van der Waals surface area (Å²) < 4.78 is 10.1. The number of piperazine rings is 1. The Hall–Kier alpha value is -2.65. The van der Waals surface area contributed by atoms with Crippen molar-refractivity contribution in [3.05, 3.63) is 29.8 Å². The normalized spacial score (nSPS) is 27.5. The molecule has 0 aromatic heterocycles. The molecule has 0 radical (unpaired) electrons. The van der Waals surface area contributed by atoms with Crippen LogP contribution in [0, 0.1) is 11.8 Å². The Bertz CT molecular complexity index is 1010. The lowest BCUT2D eigenvalue weighted by Gasteiger charge is -2.57. The lowest BCUT2D eigenvalue weighted by molar-refractivity contribution is -0.148. The molecule has 1 aromatic carbocycles. The van der Waals surface area contributed by atoms with Crippen LogP contribution in [0.5, 0.6) is 5.75 Å². The Balaban J connectivity index is 1.20. The first-order valence-corrected chi connectivity index (χ1v) is 14.7. The van der Waals surface area contributed by atoms with E-state index in [1.165, 1.54) is 39.5 Å². The molecule has 4 unspecified atom stereocenters. The van der Waals surface area contributed by atoms with Crippen molar-refractivity contribution >= 4 is 17.8 Å². The van der Waals surface area contributed by atoms with E-state index in [1.807, 2.05) is 17.0 Å². The van der Waals surface area contributed by atoms with Crippen LogP contribution in [0.4, 0.5) is 0 Å². The van der Waals surface area contributed by atoms with Gasteiger partial charge in [0, 0.05) is 56.8 Å². The van der Waals surface area contributed by atoms with Gasteiger partial charge in [0.15, 0.2) is 0 Å². The third-order valence-corrected chi connectivity index (χ3v) is 9.46. The summed E-state index contributed by atoms with van der Waals surface area (Å²) in [6.45, 7) is 6.20. The molecule has 39 heavy (non-hydrogen) atoms. The molecule has 1 aromatic rings. The standard InChI is InChI=1S/C30H44N4O5/c1-38-24-12-10-22(11-13-24)30(37)33-18-16-31(17-19-33)21-27(35)34-20-23-6-4-14-32-15-5-7-25(29(23)32)26(34)8-3-9-28(36)39-2/h10-13,23,25-26,29H,3-9,14-21H2,1-2H3. The zero-order valence-electron chi connectivity index (χ0n) is 23.6. The quantitative estimate of drug-likeness (QED) is 0.469. The van der Waals surface area contributed by atoms with Crippen LogP contribution < -0.4 is 4.74 Å². The molecule has 9 heteroatoms. The molecule has 4 saturated heterocycles. The van der Waals surface area contributed by atoms with E-state index in [-0.39, 0.29) is 23.8 Å². The fraction of sp³-hybridized carbons (Fsp3) is 0.700. The van der Waals surface area contributed by atoms with Gasteiger partial charge in [0.2, 0.25) is 5.91 Å². The summed E-state index contributed by atoms with van der Waals surface area (Å²) in [7, 11) is 3.05. The highest BCUT2D eigenvalue weighted by Crippen LogP contribution is 2.43. The topological polar surface area (TPSA) is 82.6 Å². The molecule has 2 amide bonds. The van der Waals surface area contributed by atoms with Crippen molar-refractivity contribution < 1.29 is 23.9 Å². The van der Waals surface area contributed by atoms with Gasteiger partial charge in [-0.2, -0.15) is 0 Å². The van der Waals surface area contributed by atoms with Gasteiger partial charge in [0.1, 0.15) is 5.75 Å². The monoisotopic (exact) mass is 540 g/mol. The molecule has 0 aliphatic carbocycles. The van der Waals surface area contributed by atoms with Gasteiger partial charge in [0.25, 0.3) is 5.91 Å². The molecule has 214 valence electrons. The van der Waals surface area contributed by atoms with Gasteiger partial charge in [-0.15, -0.1) is 0 Å². The van der Waals surface area contributed by atoms with E-state index >= 15 is 0 Å². The summed E-state index contributed by atoms with van der Waals surface area (Å²) in [6.07, 6.45) is 6.78. The first-order valence-electron chi connectivity index (χ1n) is 14.7. The Morgan fingerprint density at radius 2 is 1.64 bits per heavy atom. The van der Waals surface area contributed by atoms with Gasteiger partial charge in [-0.3, -0.25) is 24.2 Å². The number of carbonyl (C=O) groups is 3. The van der Waals surface area contributed by atoms with E-state index in [1.54, 1.807) is 19.2 Å². The second kappa shape index (κ2) is 12.7. The van der Waals surface area contributed by atoms with Crippen LogP contribution in [-0.4, -0.2) is 116 Å². The van der Waals surface area contributed by atoms with Crippen molar-refractivity contribution in [3.8, 4) is 5.75 Å². The molecule has 4 aliphatic rings. The van der Waals surface area contributed by atoms with Crippen molar-refractivity contribution in [2.45, 2.75) is 57.0 Å². The number of methoxy groups -OCH3 is 2. The first kappa shape index (κ1) is 27.9. The van der Waals surface area contributed by atoms with Crippen LogP contribution in [0.1, 0.15) is 55.3 Å². The molecule has 5 rings (SSSR count). The number of likely N-dealkylation sites (tertiary alicyclic amines) is 1. The molecule has 0 spiro atoms. The zero-order chi connectivity index (χ0) is 27.4. The van der Waals surface area contributed by atoms with Crippen LogP contribution in [0.25, 0.3) is 0 Å². The summed E-state index contributed by atoms with van der Waals surface area (Å²) in [5, 5.41) is 0. The maximum atomic E-state index is 13.8. The van der Waals surface area contributed by atoms with Crippen LogP contribution in [0.2, 0.25) is 0 Å². The van der Waals surface area contributed by atoms with Crippen molar-refractivity contribution in [2.75, 3.05) is 66.6 Å². The van der Waals surface area contributed by atoms with Gasteiger partial charge in [-0.25, -0.2) is 0 Å². The van der Waals surface area contributed by atoms with Crippen LogP contribution in [0.15, 0.2) is 24.3 Å². The number of rotatable bonds is 8. The molecule has 4 atom stereocenters. The Kier molecular flexibility index (Phi) is 9.07. The van der Waals surface area contributed by atoms with E-state index < -0.39 is 0 Å². The molecular weight excluding hydrogens is 496 g/mol. The smallest absolute Gasteiger partial charge is 0.305 e. The minimum absolute atomic E-state index is 0.0236.